The molecule has 0 saturated heterocycles. The van der Waals surface area contributed by atoms with Crippen molar-refractivity contribution in [3.05, 3.63) is 114 Å². The zero-order valence-electron chi connectivity index (χ0n) is 19.4. The average molecular weight is 478 g/mol. The number of aromatic carboxylic acids is 1. The molecule has 5 rings (SSSR count). The highest BCUT2D eigenvalue weighted by molar-refractivity contribution is 6.05. The van der Waals surface area contributed by atoms with E-state index in [0.29, 0.717) is 28.0 Å². The quantitative estimate of drug-likeness (QED) is 0.284. The molecule has 1 atom stereocenters. The van der Waals surface area contributed by atoms with Crippen LogP contribution in [0.4, 0.5) is 11.5 Å². The van der Waals surface area contributed by atoms with Crippen molar-refractivity contribution in [1.29, 1.82) is 0 Å². The lowest BCUT2D eigenvalue weighted by atomic mass is 10.1. The first-order valence-corrected chi connectivity index (χ1v) is 11.4. The van der Waals surface area contributed by atoms with Crippen LogP contribution in [0, 0.1) is 0 Å². The molecule has 3 aromatic carbocycles. The average Bonchev–Trinajstić information content (AvgIpc) is 3.44. The number of nitrogens with zero attached hydrogens (tertiary/aromatic N) is 3. The van der Waals surface area contributed by atoms with Crippen LogP contribution < -0.4 is 10.6 Å². The van der Waals surface area contributed by atoms with E-state index in [0.717, 1.165) is 11.3 Å². The normalized spacial score (nSPS) is 11.7. The van der Waals surface area contributed by atoms with E-state index in [2.05, 4.69) is 20.6 Å². The predicted molar refractivity (Wildman–Crippen MR) is 139 cm³/mol. The second-order valence-corrected chi connectivity index (χ2v) is 8.31. The number of para-hydroxylation sites is 1. The zero-order chi connectivity index (χ0) is 25.1. The number of carboxylic acids is 1. The fourth-order valence-electron chi connectivity index (χ4n) is 4.04. The summed E-state index contributed by atoms with van der Waals surface area (Å²) < 4.78 is 1.98. The summed E-state index contributed by atoms with van der Waals surface area (Å²) in [5, 5.41) is 16.4. The third-order valence-corrected chi connectivity index (χ3v) is 5.93. The smallest absolute Gasteiger partial charge is 0.337 e. The van der Waals surface area contributed by atoms with E-state index in [1.165, 1.54) is 12.4 Å². The maximum atomic E-state index is 12.8. The Balaban J connectivity index is 1.32. The van der Waals surface area contributed by atoms with E-state index < -0.39 is 5.97 Å². The Morgan fingerprint density at radius 2 is 1.67 bits per heavy atom. The Bertz CT molecular complexity index is 1550. The van der Waals surface area contributed by atoms with Gasteiger partial charge in [-0.15, -0.1) is 0 Å². The van der Waals surface area contributed by atoms with Gasteiger partial charge in [0.2, 0.25) is 0 Å². The molecule has 0 aliphatic rings. The third kappa shape index (κ3) is 4.65. The Morgan fingerprint density at radius 3 is 2.42 bits per heavy atom. The summed E-state index contributed by atoms with van der Waals surface area (Å²) in [6.45, 7) is 1.97. The van der Waals surface area contributed by atoms with E-state index in [1.54, 1.807) is 24.3 Å². The standard InChI is InChI=1S/C28H23N5O3/c1-18(31-26-23-8-5-9-24(28(35)36)25(23)29-17-30-26)20-6-4-7-21(16-20)32-27(34)19-10-12-22(13-11-19)33-14-2-3-15-33/h2-18H,1H3,(H,32,34)(H,35,36)(H,29,30,31)/t18-/m1/s1. The maximum absolute atomic E-state index is 12.8. The van der Waals surface area contributed by atoms with Gasteiger partial charge in [-0.2, -0.15) is 0 Å². The summed E-state index contributed by atoms with van der Waals surface area (Å²) in [6, 6.07) is 23.7. The number of rotatable bonds is 7. The van der Waals surface area contributed by atoms with Crippen LogP contribution in [0.5, 0.6) is 0 Å². The van der Waals surface area contributed by atoms with Gasteiger partial charge in [-0.25, -0.2) is 14.8 Å². The number of anilines is 2. The third-order valence-electron chi connectivity index (χ3n) is 5.93. The summed E-state index contributed by atoms with van der Waals surface area (Å²) in [5.74, 6) is -0.705. The van der Waals surface area contributed by atoms with Gasteiger partial charge < -0.3 is 20.3 Å². The lowest BCUT2D eigenvalue weighted by molar-refractivity contribution is 0.0698. The van der Waals surface area contributed by atoms with Gasteiger partial charge in [-0.05, 0) is 73.2 Å². The van der Waals surface area contributed by atoms with Gasteiger partial charge in [-0.3, -0.25) is 4.79 Å². The Kier molecular flexibility index (Phi) is 6.15. The van der Waals surface area contributed by atoms with Crippen molar-refractivity contribution in [2.24, 2.45) is 0 Å². The highest BCUT2D eigenvalue weighted by Crippen LogP contribution is 2.27. The van der Waals surface area contributed by atoms with Crippen LogP contribution in [0.25, 0.3) is 16.6 Å². The number of hydrogen-bond acceptors (Lipinski definition) is 5. The van der Waals surface area contributed by atoms with Crippen LogP contribution in [0.15, 0.2) is 97.6 Å². The van der Waals surface area contributed by atoms with Crippen LogP contribution >= 0.6 is 0 Å². The van der Waals surface area contributed by atoms with E-state index in [4.69, 9.17) is 0 Å². The van der Waals surface area contributed by atoms with Crippen molar-refractivity contribution in [3.63, 3.8) is 0 Å². The molecule has 0 spiro atoms. The molecule has 0 aliphatic carbocycles. The van der Waals surface area contributed by atoms with Gasteiger partial charge in [-0.1, -0.05) is 18.2 Å². The van der Waals surface area contributed by atoms with Gasteiger partial charge >= 0.3 is 5.97 Å². The molecular formula is C28H23N5O3. The fourth-order valence-corrected chi connectivity index (χ4v) is 4.04. The Hall–Kier alpha value is -4.98. The summed E-state index contributed by atoms with van der Waals surface area (Å²) in [7, 11) is 0. The molecule has 1 amide bonds. The van der Waals surface area contributed by atoms with Crippen molar-refractivity contribution in [1.82, 2.24) is 14.5 Å². The number of hydrogen-bond donors (Lipinski definition) is 3. The molecule has 36 heavy (non-hydrogen) atoms. The van der Waals surface area contributed by atoms with Crippen molar-refractivity contribution >= 4 is 34.3 Å². The van der Waals surface area contributed by atoms with Gasteiger partial charge in [0.15, 0.2) is 0 Å². The first-order chi connectivity index (χ1) is 17.5. The molecule has 0 saturated carbocycles. The van der Waals surface area contributed by atoms with Crippen molar-refractivity contribution in [3.8, 4) is 5.69 Å². The molecule has 178 valence electrons. The van der Waals surface area contributed by atoms with Gasteiger partial charge in [0.1, 0.15) is 12.1 Å². The number of fused-ring (bicyclic) bond motifs is 1. The van der Waals surface area contributed by atoms with E-state index >= 15 is 0 Å². The molecule has 5 aromatic rings. The van der Waals surface area contributed by atoms with Gasteiger partial charge in [0.05, 0.1) is 17.1 Å². The number of carbonyl (C=O) groups excluding carboxylic acids is 1. The zero-order valence-corrected chi connectivity index (χ0v) is 19.4. The molecule has 0 radical (unpaired) electrons. The maximum Gasteiger partial charge on any atom is 0.337 e. The van der Waals surface area contributed by atoms with E-state index in [-0.39, 0.29) is 17.5 Å². The SMILES string of the molecule is C[C@@H](Nc1ncnc2c(C(=O)O)cccc12)c1cccc(NC(=O)c2ccc(-n3cccc3)cc2)c1. The number of carboxylic acid groups (broad SMARTS) is 1. The minimum Gasteiger partial charge on any atom is -0.478 e. The van der Waals surface area contributed by atoms with Crippen LogP contribution in [0.3, 0.4) is 0 Å². The van der Waals surface area contributed by atoms with Crippen molar-refractivity contribution < 1.29 is 14.7 Å². The number of aromatic nitrogens is 3. The number of carbonyl (C=O) groups is 2. The lowest BCUT2D eigenvalue weighted by Crippen LogP contribution is -2.13. The molecular weight excluding hydrogens is 454 g/mol. The molecule has 0 unspecified atom stereocenters. The fraction of sp³-hybridized carbons (Fsp3) is 0.0714. The highest BCUT2D eigenvalue weighted by Gasteiger charge is 2.15. The lowest BCUT2D eigenvalue weighted by Gasteiger charge is -2.17. The van der Waals surface area contributed by atoms with E-state index in [9.17, 15) is 14.7 Å². The minimum atomic E-state index is -1.04. The molecule has 2 aromatic heterocycles. The summed E-state index contributed by atoms with van der Waals surface area (Å²) in [6.07, 6.45) is 5.25. The Morgan fingerprint density at radius 1 is 0.917 bits per heavy atom. The first kappa shape index (κ1) is 22.8. The molecule has 8 heteroatoms. The summed E-state index contributed by atoms with van der Waals surface area (Å²) in [5.41, 5.74) is 3.63. The highest BCUT2D eigenvalue weighted by atomic mass is 16.4. The number of benzene rings is 3. The molecule has 0 bridgehead atoms. The summed E-state index contributed by atoms with van der Waals surface area (Å²) >= 11 is 0. The molecule has 2 heterocycles. The van der Waals surface area contributed by atoms with Gasteiger partial charge in [0.25, 0.3) is 5.91 Å². The topological polar surface area (TPSA) is 109 Å². The molecule has 8 nitrogen and oxygen atoms in total. The molecule has 3 N–H and O–H groups in total. The van der Waals surface area contributed by atoms with E-state index in [1.807, 2.05) is 72.4 Å². The van der Waals surface area contributed by atoms with Gasteiger partial charge in [0, 0.05) is 34.7 Å². The number of amides is 1. The predicted octanol–water partition coefficient (Wildman–Crippen LogP) is 5.54. The van der Waals surface area contributed by atoms with Crippen molar-refractivity contribution in [2.45, 2.75) is 13.0 Å². The first-order valence-electron chi connectivity index (χ1n) is 11.4. The minimum absolute atomic E-state index is 0.122. The second-order valence-electron chi connectivity index (χ2n) is 8.31. The number of nitrogens with one attached hydrogen (secondary N) is 2. The Labute approximate surface area is 207 Å². The largest absolute Gasteiger partial charge is 0.478 e. The van der Waals surface area contributed by atoms with Crippen LogP contribution in [0.2, 0.25) is 0 Å². The monoisotopic (exact) mass is 477 g/mol. The second kappa shape index (κ2) is 9.71. The molecule has 0 fully saturated rings. The molecule has 0 aliphatic heterocycles. The van der Waals surface area contributed by atoms with Crippen LogP contribution in [-0.4, -0.2) is 31.5 Å². The van der Waals surface area contributed by atoms with Crippen molar-refractivity contribution in [2.75, 3.05) is 10.6 Å². The van der Waals surface area contributed by atoms with Crippen LogP contribution in [0.1, 0.15) is 39.2 Å². The summed E-state index contributed by atoms with van der Waals surface area (Å²) in [4.78, 5) is 32.9. The van der Waals surface area contributed by atoms with Crippen LogP contribution in [-0.2, 0) is 0 Å².